The van der Waals surface area contributed by atoms with E-state index >= 15 is 0 Å². The molecule has 1 unspecified atom stereocenters. The van der Waals surface area contributed by atoms with Crippen LogP contribution in [-0.2, 0) is 4.79 Å². The minimum atomic E-state index is -0.454. The van der Waals surface area contributed by atoms with E-state index in [9.17, 15) is 9.18 Å². The van der Waals surface area contributed by atoms with E-state index in [1.165, 1.54) is 12.1 Å². The minimum Gasteiger partial charge on any atom is -0.325 e. The SMILES string of the molecule is CC1(C(=O)Nc2cc(F)cc(Cl)c2)CCCNC1. The number of carbonyl (C=O) groups is 1. The maximum absolute atomic E-state index is 13.2. The molecule has 0 bridgehead atoms. The van der Waals surface area contributed by atoms with Crippen molar-refractivity contribution in [3.05, 3.63) is 29.0 Å². The molecule has 3 nitrogen and oxygen atoms in total. The van der Waals surface area contributed by atoms with Crippen molar-refractivity contribution >= 4 is 23.2 Å². The molecule has 0 aliphatic carbocycles. The number of nitrogens with one attached hydrogen (secondary N) is 2. The van der Waals surface area contributed by atoms with Crippen molar-refractivity contribution < 1.29 is 9.18 Å². The maximum atomic E-state index is 13.2. The van der Waals surface area contributed by atoms with Crippen LogP contribution in [0.3, 0.4) is 0 Å². The third kappa shape index (κ3) is 3.00. The Bertz CT molecular complexity index is 438. The van der Waals surface area contributed by atoms with Crippen molar-refractivity contribution in [3.8, 4) is 0 Å². The zero-order chi connectivity index (χ0) is 13.2. The van der Waals surface area contributed by atoms with Crippen LogP contribution in [0, 0.1) is 11.2 Å². The van der Waals surface area contributed by atoms with Crippen LogP contribution in [-0.4, -0.2) is 19.0 Å². The molecule has 98 valence electrons. The fourth-order valence-corrected chi connectivity index (χ4v) is 2.38. The van der Waals surface area contributed by atoms with Gasteiger partial charge in [0.25, 0.3) is 0 Å². The fourth-order valence-electron chi connectivity index (χ4n) is 2.16. The van der Waals surface area contributed by atoms with E-state index in [0.717, 1.165) is 19.4 Å². The number of hydrogen-bond acceptors (Lipinski definition) is 2. The van der Waals surface area contributed by atoms with Gasteiger partial charge < -0.3 is 10.6 Å². The molecular formula is C13H16ClFN2O. The van der Waals surface area contributed by atoms with Gasteiger partial charge >= 0.3 is 0 Å². The van der Waals surface area contributed by atoms with Crippen LogP contribution in [0.1, 0.15) is 19.8 Å². The molecule has 2 N–H and O–H groups in total. The Morgan fingerprint density at radius 1 is 1.50 bits per heavy atom. The van der Waals surface area contributed by atoms with Gasteiger partial charge in [-0.15, -0.1) is 0 Å². The van der Waals surface area contributed by atoms with Gasteiger partial charge in [-0.25, -0.2) is 4.39 Å². The summed E-state index contributed by atoms with van der Waals surface area (Å²) < 4.78 is 13.2. The Morgan fingerprint density at radius 3 is 2.89 bits per heavy atom. The topological polar surface area (TPSA) is 41.1 Å². The quantitative estimate of drug-likeness (QED) is 0.868. The largest absolute Gasteiger partial charge is 0.325 e. The number of rotatable bonds is 2. The Morgan fingerprint density at radius 2 is 2.28 bits per heavy atom. The van der Waals surface area contributed by atoms with Gasteiger partial charge in [0, 0.05) is 17.3 Å². The number of carbonyl (C=O) groups excluding carboxylic acids is 1. The molecule has 0 saturated carbocycles. The van der Waals surface area contributed by atoms with Gasteiger partial charge in [0.15, 0.2) is 0 Å². The van der Waals surface area contributed by atoms with Gasteiger partial charge in [-0.05, 0) is 44.5 Å². The number of halogens is 2. The molecule has 1 heterocycles. The van der Waals surface area contributed by atoms with Crippen LogP contribution in [0.25, 0.3) is 0 Å². The summed E-state index contributed by atoms with van der Waals surface area (Å²) in [5.41, 5.74) is -0.0476. The summed E-state index contributed by atoms with van der Waals surface area (Å²) in [5.74, 6) is -0.555. The first kappa shape index (κ1) is 13.3. The lowest BCUT2D eigenvalue weighted by molar-refractivity contribution is -0.125. The minimum absolute atomic E-state index is 0.101. The van der Waals surface area contributed by atoms with Crippen LogP contribution >= 0.6 is 11.6 Å². The lowest BCUT2D eigenvalue weighted by Crippen LogP contribution is -2.46. The van der Waals surface area contributed by atoms with Crippen LogP contribution in [0.4, 0.5) is 10.1 Å². The van der Waals surface area contributed by atoms with E-state index < -0.39 is 11.2 Å². The number of amides is 1. The highest BCUT2D eigenvalue weighted by molar-refractivity contribution is 6.30. The third-order valence-electron chi connectivity index (χ3n) is 3.27. The molecule has 0 spiro atoms. The second kappa shape index (κ2) is 5.24. The molecule has 1 saturated heterocycles. The summed E-state index contributed by atoms with van der Waals surface area (Å²) in [4.78, 5) is 12.2. The average Bonchev–Trinajstić information content (AvgIpc) is 2.28. The molecule has 1 aliphatic rings. The molecule has 1 aliphatic heterocycles. The average molecular weight is 271 g/mol. The summed E-state index contributed by atoms with van der Waals surface area (Å²) >= 11 is 5.75. The van der Waals surface area contributed by atoms with E-state index in [-0.39, 0.29) is 10.9 Å². The van der Waals surface area contributed by atoms with Gasteiger partial charge in [0.2, 0.25) is 5.91 Å². The molecule has 18 heavy (non-hydrogen) atoms. The van der Waals surface area contributed by atoms with Crippen molar-refractivity contribution in [2.24, 2.45) is 5.41 Å². The Hall–Kier alpha value is -1.13. The molecule has 1 fully saturated rings. The standard InChI is InChI=1S/C13H16ClFN2O/c1-13(3-2-4-16-8-13)12(18)17-11-6-9(14)5-10(15)7-11/h5-7,16H,2-4,8H2,1H3,(H,17,18). The molecule has 1 amide bonds. The molecular weight excluding hydrogens is 255 g/mol. The monoisotopic (exact) mass is 270 g/mol. The summed E-state index contributed by atoms with van der Waals surface area (Å²) in [7, 11) is 0. The van der Waals surface area contributed by atoms with Crippen molar-refractivity contribution in [1.29, 1.82) is 0 Å². The molecule has 1 atom stereocenters. The number of anilines is 1. The zero-order valence-corrected chi connectivity index (χ0v) is 11.0. The van der Waals surface area contributed by atoms with Crippen LogP contribution in [0.2, 0.25) is 5.02 Å². The van der Waals surface area contributed by atoms with Crippen molar-refractivity contribution in [3.63, 3.8) is 0 Å². The first-order valence-corrected chi connectivity index (χ1v) is 6.36. The second-order valence-electron chi connectivity index (χ2n) is 4.95. The van der Waals surface area contributed by atoms with E-state index in [0.29, 0.717) is 12.2 Å². The third-order valence-corrected chi connectivity index (χ3v) is 3.48. The van der Waals surface area contributed by atoms with Crippen molar-refractivity contribution in [2.75, 3.05) is 18.4 Å². The summed E-state index contributed by atoms with van der Waals surface area (Å²) in [6.07, 6.45) is 1.79. The van der Waals surface area contributed by atoms with Crippen LogP contribution < -0.4 is 10.6 Å². The highest BCUT2D eigenvalue weighted by Gasteiger charge is 2.34. The summed E-state index contributed by atoms with van der Waals surface area (Å²) in [6.45, 7) is 3.49. The Labute approximate surface area is 111 Å². The van der Waals surface area contributed by atoms with Crippen molar-refractivity contribution in [1.82, 2.24) is 5.32 Å². The summed E-state index contributed by atoms with van der Waals surface area (Å²) in [5, 5.41) is 6.21. The Kier molecular flexibility index (Phi) is 3.88. The molecule has 2 rings (SSSR count). The normalized spacial score (nSPS) is 23.7. The van der Waals surface area contributed by atoms with E-state index in [2.05, 4.69) is 10.6 Å². The zero-order valence-electron chi connectivity index (χ0n) is 10.2. The van der Waals surface area contributed by atoms with E-state index in [1.807, 2.05) is 6.92 Å². The Balaban J connectivity index is 2.10. The molecule has 1 aromatic rings. The highest BCUT2D eigenvalue weighted by Crippen LogP contribution is 2.28. The molecule has 0 aromatic heterocycles. The summed E-state index contributed by atoms with van der Waals surface area (Å²) in [6, 6.07) is 4.02. The van der Waals surface area contributed by atoms with Gasteiger partial charge in [0.1, 0.15) is 5.82 Å². The molecule has 0 radical (unpaired) electrons. The van der Waals surface area contributed by atoms with Gasteiger partial charge in [-0.1, -0.05) is 11.6 Å². The van der Waals surface area contributed by atoms with Crippen LogP contribution in [0.5, 0.6) is 0 Å². The highest BCUT2D eigenvalue weighted by atomic mass is 35.5. The fraction of sp³-hybridized carbons (Fsp3) is 0.462. The molecule has 1 aromatic carbocycles. The predicted molar refractivity (Wildman–Crippen MR) is 70.3 cm³/mol. The smallest absolute Gasteiger partial charge is 0.231 e. The van der Waals surface area contributed by atoms with E-state index in [1.54, 1.807) is 6.07 Å². The maximum Gasteiger partial charge on any atom is 0.231 e. The number of piperidine rings is 1. The second-order valence-corrected chi connectivity index (χ2v) is 5.39. The van der Waals surface area contributed by atoms with Gasteiger partial charge in [-0.2, -0.15) is 0 Å². The lowest BCUT2D eigenvalue weighted by atomic mass is 9.82. The number of hydrogen-bond donors (Lipinski definition) is 2. The number of benzene rings is 1. The van der Waals surface area contributed by atoms with E-state index in [4.69, 9.17) is 11.6 Å². The first-order valence-electron chi connectivity index (χ1n) is 5.98. The molecule has 5 heteroatoms. The van der Waals surface area contributed by atoms with Crippen molar-refractivity contribution in [2.45, 2.75) is 19.8 Å². The first-order chi connectivity index (χ1) is 8.49. The van der Waals surface area contributed by atoms with Gasteiger partial charge in [0.05, 0.1) is 5.41 Å². The van der Waals surface area contributed by atoms with Crippen LogP contribution in [0.15, 0.2) is 18.2 Å². The van der Waals surface area contributed by atoms with Gasteiger partial charge in [-0.3, -0.25) is 4.79 Å². The lowest BCUT2D eigenvalue weighted by Gasteiger charge is -2.32. The predicted octanol–water partition coefficient (Wildman–Crippen LogP) is 2.81.